The van der Waals surface area contributed by atoms with Gasteiger partial charge in [0, 0.05) is 12.6 Å². The lowest BCUT2D eigenvalue weighted by Gasteiger charge is -2.10. The van der Waals surface area contributed by atoms with Crippen molar-refractivity contribution in [3.63, 3.8) is 0 Å². The van der Waals surface area contributed by atoms with E-state index < -0.39 is 0 Å². The van der Waals surface area contributed by atoms with Gasteiger partial charge in [0.1, 0.15) is 0 Å². The molecular formula is C14H15N3OS. The van der Waals surface area contributed by atoms with E-state index in [-0.39, 0.29) is 0 Å². The van der Waals surface area contributed by atoms with Crippen molar-refractivity contribution in [1.82, 2.24) is 10.3 Å². The maximum atomic E-state index is 5.22. The van der Waals surface area contributed by atoms with Crippen molar-refractivity contribution in [3.8, 4) is 5.88 Å². The molecule has 2 N–H and O–H groups in total. The summed E-state index contributed by atoms with van der Waals surface area (Å²) in [4.78, 5) is 4.10. The summed E-state index contributed by atoms with van der Waals surface area (Å²) >= 11 is 5.22. The number of benzene rings is 1. The van der Waals surface area contributed by atoms with Gasteiger partial charge in [-0.05, 0) is 23.8 Å². The fourth-order valence-electron chi connectivity index (χ4n) is 1.53. The number of nitrogens with one attached hydrogen (secondary N) is 2. The average molecular weight is 273 g/mol. The summed E-state index contributed by atoms with van der Waals surface area (Å²) in [6, 6.07) is 13.7. The molecule has 0 aliphatic heterocycles. The molecule has 0 unspecified atom stereocenters. The molecule has 0 aliphatic rings. The van der Waals surface area contributed by atoms with Crippen LogP contribution in [-0.4, -0.2) is 17.2 Å². The van der Waals surface area contributed by atoms with Crippen LogP contribution in [0.4, 0.5) is 5.69 Å². The van der Waals surface area contributed by atoms with Gasteiger partial charge >= 0.3 is 0 Å². The molecule has 2 rings (SSSR count). The highest BCUT2D eigenvalue weighted by atomic mass is 32.1. The first-order chi connectivity index (χ1) is 9.28. The van der Waals surface area contributed by atoms with Crippen molar-refractivity contribution in [3.05, 3.63) is 54.2 Å². The van der Waals surface area contributed by atoms with Crippen LogP contribution in [0.1, 0.15) is 5.56 Å². The fourth-order valence-corrected chi connectivity index (χ4v) is 1.72. The van der Waals surface area contributed by atoms with Crippen LogP contribution in [0.3, 0.4) is 0 Å². The zero-order valence-electron chi connectivity index (χ0n) is 10.6. The van der Waals surface area contributed by atoms with Gasteiger partial charge in [-0.1, -0.05) is 30.3 Å². The van der Waals surface area contributed by atoms with E-state index in [0.29, 0.717) is 17.5 Å². The molecule has 5 heteroatoms. The first-order valence-electron chi connectivity index (χ1n) is 5.87. The van der Waals surface area contributed by atoms with Gasteiger partial charge in [-0.3, -0.25) is 0 Å². The highest BCUT2D eigenvalue weighted by molar-refractivity contribution is 7.80. The summed E-state index contributed by atoms with van der Waals surface area (Å²) in [7, 11) is 1.58. The molecule has 1 aromatic heterocycles. The third-order valence-electron chi connectivity index (χ3n) is 2.50. The van der Waals surface area contributed by atoms with E-state index in [2.05, 4.69) is 15.6 Å². The molecule has 19 heavy (non-hydrogen) atoms. The van der Waals surface area contributed by atoms with Crippen molar-refractivity contribution in [1.29, 1.82) is 0 Å². The van der Waals surface area contributed by atoms with Gasteiger partial charge in [0.25, 0.3) is 0 Å². The predicted octanol–water partition coefficient (Wildman–Crippen LogP) is 2.58. The van der Waals surface area contributed by atoms with E-state index in [1.54, 1.807) is 19.4 Å². The standard InChI is InChI=1S/C14H15N3OS/c1-18-13-8-7-12(10-15-13)17-14(19)16-9-11-5-3-2-4-6-11/h2-8,10H,9H2,1H3,(H2,16,17,19). The van der Waals surface area contributed by atoms with E-state index in [1.165, 1.54) is 5.56 Å². The predicted molar refractivity (Wildman–Crippen MR) is 80.3 cm³/mol. The van der Waals surface area contributed by atoms with Crippen LogP contribution in [-0.2, 0) is 6.54 Å². The zero-order valence-corrected chi connectivity index (χ0v) is 11.4. The second-order valence-corrected chi connectivity index (χ2v) is 4.29. The van der Waals surface area contributed by atoms with E-state index in [0.717, 1.165) is 5.69 Å². The molecule has 4 nitrogen and oxygen atoms in total. The van der Waals surface area contributed by atoms with Gasteiger partial charge < -0.3 is 15.4 Å². The van der Waals surface area contributed by atoms with Crippen molar-refractivity contribution in [2.24, 2.45) is 0 Å². The highest BCUT2D eigenvalue weighted by Crippen LogP contribution is 2.10. The summed E-state index contributed by atoms with van der Waals surface area (Å²) in [6.45, 7) is 0.691. The average Bonchev–Trinajstić information content (AvgIpc) is 2.47. The zero-order chi connectivity index (χ0) is 13.5. The number of hydrogen-bond donors (Lipinski definition) is 2. The third kappa shape index (κ3) is 4.22. The van der Waals surface area contributed by atoms with E-state index in [1.807, 2.05) is 36.4 Å². The quantitative estimate of drug-likeness (QED) is 0.838. The molecule has 1 heterocycles. The Morgan fingerprint density at radius 3 is 2.63 bits per heavy atom. The monoisotopic (exact) mass is 273 g/mol. The number of anilines is 1. The van der Waals surface area contributed by atoms with Gasteiger partial charge in [-0.2, -0.15) is 0 Å². The minimum atomic E-state index is 0.566. The first-order valence-corrected chi connectivity index (χ1v) is 6.27. The number of pyridine rings is 1. The smallest absolute Gasteiger partial charge is 0.213 e. The summed E-state index contributed by atoms with van der Waals surface area (Å²) in [6.07, 6.45) is 1.68. The molecule has 2 aromatic rings. The second-order valence-electron chi connectivity index (χ2n) is 3.88. The lowest BCUT2D eigenvalue weighted by atomic mass is 10.2. The number of methoxy groups -OCH3 is 1. The number of nitrogens with zero attached hydrogens (tertiary/aromatic N) is 1. The summed E-state index contributed by atoms with van der Waals surface area (Å²) in [5.41, 5.74) is 2.01. The SMILES string of the molecule is COc1ccc(NC(=S)NCc2ccccc2)cn1. The molecule has 0 amide bonds. The molecule has 0 aliphatic carbocycles. The van der Waals surface area contributed by atoms with Crippen molar-refractivity contribution in [2.45, 2.75) is 6.54 Å². The highest BCUT2D eigenvalue weighted by Gasteiger charge is 1.99. The summed E-state index contributed by atoms with van der Waals surface area (Å²) in [5.74, 6) is 0.578. The maximum Gasteiger partial charge on any atom is 0.213 e. The number of thiocarbonyl (C=S) groups is 1. The van der Waals surface area contributed by atoms with Crippen molar-refractivity contribution >= 4 is 23.0 Å². The van der Waals surface area contributed by atoms with E-state index in [9.17, 15) is 0 Å². The Balaban J connectivity index is 1.83. The Morgan fingerprint density at radius 1 is 1.21 bits per heavy atom. The van der Waals surface area contributed by atoms with Crippen LogP contribution in [0.2, 0.25) is 0 Å². The van der Waals surface area contributed by atoms with E-state index >= 15 is 0 Å². The number of ether oxygens (including phenoxy) is 1. The minimum Gasteiger partial charge on any atom is -0.481 e. The van der Waals surface area contributed by atoms with Gasteiger partial charge in [0.15, 0.2) is 5.11 Å². The van der Waals surface area contributed by atoms with Gasteiger partial charge in [0.2, 0.25) is 5.88 Å². The Bertz CT molecular complexity index is 528. The normalized spacial score (nSPS) is 9.74. The van der Waals surface area contributed by atoms with Crippen LogP contribution in [0.5, 0.6) is 5.88 Å². The Kier molecular flexibility index (Phi) is 4.69. The Hall–Kier alpha value is -2.14. The molecular weight excluding hydrogens is 258 g/mol. The molecule has 1 aromatic carbocycles. The Morgan fingerprint density at radius 2 is 2.00 bits per heavy atom. The molecule has 0 fully saturated rings. The van der Waals surface area contributed by atoms with Crippen molar-refractivity contribution in [2.75, 3.05) is 12.4 Å². The van der Waals surface area contributed by atoms with Gasteiger partial charge in [-0.25, -0.2) is 4.98 Å². The van der Waals surface area contributed by atoms with Gasteiger partial charge in [-0.15, -0.1) is 0 Å². The van der Waals surface area contributed by atoms with Crippen LogP contribution >= 0.6 is 12.2 Å². The molecule has 0 saturated heterocycles. The third-order valence-corrected chi connectivity index (χ3v) is 2.75. The molecule has 0 radical (unpaired) electrons. The molecule has 0 saturated carbocycles. The van der Waals surface area contributed by atoms with Crippen LogP contribution in [0.15, 0.2) is 48.7 Å². The number of rotatable bonds is 4. The van der Waals surface area contributed by atoms with Crippen molar-refractivity contribution < 1.29 is 4.74 Å². The maximum absolute atomic E-state index is 5.22. The molecule has 0 bridgehead atoms. The van der Waals surface area contributed by atoms with Crippen LogP contribution < -0.4 is 15.4 Å². The molecule has 0 spiro atoms. The van der Waals surface area contributed by atoms with Crippen LogP contribution in [0.25, 0.3) is 0 Å². The fraction of sp³-hybridized carbons (Fsp3) is 0.143. The summed E-state index contributed by atoms with van der Waals surface area (Å²) < 4.78 is 4.99. The first kappa shape index (κ1) is 13.3. The lowest BCUT2D eigenvalue weighted by Crippen LogP contribution is -2.27. The van der Waals surface area contributed by atoms with Gasteiger partial charge in [0.05, 0.1) is 19.0 Å². The number of hydrogen-bond acceptors (Lipinski definition) is 3. The second kappa shape index (κ2) is 6.70. The summed E-state index contributed by atoms with van der Waals surface area (Å²) in [5, 5.41) is 6.77. The van der Waals surface area contributed by atoms with Crippen LogP contribution in [0, 0.1) is 0 Å². The Labute approximate surface area is 117 Å². The number of aromatic nitrogens is 1. The largest absolute Gasteiger partial charge is 0.481 e. The van der Waals surface area contributed by atoms with E-state index in [4.69, 9.17) is 17.0 Å². The topological polar surface area (TPSA) is 46.2 Å². The minimum absolute atomic E-state index is 0.566. The lowest BCUT2D eigenvalue weighted by molar-refractivity contribution is 0.398. The molecule has 98 valence electrons. The molecule has 0 atom stereocenters.